The molecule has 0 unspecified atom stereocenters. The van der Waals surface area contributed by atoms with Gasteiger partial charge in [-0.25, -0.2) is 0 Å². The van der Waals surface area contributed by atoms with Crippen LogP contribution in [0, 0.1) is 0 Å². The minimum Gasteiger partial charge on any atom is -0.267 e. The van der Waals surface area contributed by atoms with Crippen molar-refractivity contribution in [2.45, 2.75) is 64.9 Å². The molecule has 0 aliphatic heterocycles. The fourth-order valence-electron chi connectivity index (χ4n) is 1.56. The molecular formula is C13H25NOS. The van der Waals surface area contributed by atoms with Crippen LogP contribution in [0.25, 0.3) is 0 Å². The molecule has 0 aromatic heterocycles. The Labute approximate surface area is 103 Å². The second-order valence-electron chi connectivity index (χ2n) is 4.61. The van der Waals surface area contributed by atoms with Gasteiger partial charge in [-0.1, -0.05) is 57.3 Å². The highest BCUT2D eigenvalue weighted by atomic mass is 32.2. The number of allylic oxidation sites excluding steroid dienone is 1. The van der Waals surface area contributed by atoms with Crippen LogP contribution in [-0.2, 0) is 15.5 Å². The van der Waals surface area contributed by atoms with Crippen molar-refractivity contribution in [3.8, 4) is 0 Å². The fourth-order valence-corrected chi connectivity index (χ4v) is 3.33. The number of hydrogen-bond donors (Lipinski definition) is 0. The van der Waals surface area contributed by atoms with Gasteiger partial charge in [-0.2, -0.15) is 4.36 Å². The van der Waals surface area contributed by atoms with E-state index in [-0.39, 0.29) is 16.6 Å². The summed E-state index contributed by atoms with van der Waals surface area (Å²) in [4.78, 5) is 11.7. The van der Waals surface area contributed by atoms with E-state index in [4.69, 9.17) is 0 Å². The van der Waals surface area contributed by atoms with Crippen LogP contribution in [0.2, 0.25) is 0 Å². The van der Waals surface area contributed by atoms with E-state index in [1.807, 2.05) is 6.92 Å². The number of nitrogens with zero attached hydrogens (tertiary/aromatic N) is 1. The summed E-state index contributed by atoms with van der Waals surface area (Å²) in [6.45, 7) is 12.6. The van der Waals surface area contributed by atoms with Gasteiger partial charge in [0.15, 0.2) is 0 Å². The van der Waals surface area contributed by atoms with E-state index in [0.29, 0.717) is 10.5 Å². The van der Waals surface area contributed by atoms with Crippen molar-refractivity contribution in [2.24, 2.45) is 4.36 Å². The van der Waals surface area contributed by atoms with Crippen molar-refractivity contribution in [3.05, 3.63) is 11.6 Å². The van der Waals surface area contributed by atoms with E-state index in [9.17, 15) is 4.79 Å². The monoisotopic (exact) mass is 243 g/mol. The number of hydrogen-bond acceptors (Lipinski definition) is 1. The molecule has 0 aromatic carbocycles. The van der Waals surface area contributed by atoms with E-state index < -0.39 is 0 Å². The van der Waals surface area contributed by atoms with Gasteiger partial charge in [0, 0.05) is 16.6 Å². The second-order valence-corrected chi connectivity index (χ2v) is 7.38. The Morgan fingerprint density at radius 3 is 2.12 bits per heavy atom. The molecule has 0 atom stereocenters. The molecule has 0 saturated heterocycles. The quantitative estimate of drug-likeness (QED) is 0.674. The summed E-state index contributed by atoms with van der Waals surface area (Å²) in [5, 5.41) is 0.896. The molecule has 0 fully saturated rings. The van der Waals surface area contributed by atoms with Crippen LogP contribution in [0.1, 0.15) is 54.4 Å². The molecule has 1 amide bonds. The average Bonchev–Trinajstić information content (AvgIpc) is 2.13. The van der Waals surface area contributed by atoms with Crippen LogP contribution in [0.3, 0.4) is 0 Å². The van der Waals surface area contributed by atoms with Crippen LogP contribution in [-0.4, -0.2) is 16.4 Å². The van der Waals surface area contributed by atoms with Gasteiger partial charge in [-0.15, -0.1) is 0 Å². The predicted molar refractivity (Wildman–Crippen MR) is 73.7 cm³/mol. The molecule has 0 aromatic rings. The van der Waals surface area contributed by atoms with Gasteiger partial charge >= 0.3 is 0 Å². The number of carbonyl (C=O) groups is 1. The Morgan fingerprint density at radius 2 is 1.75 bits per heavy atom. The van der Waals surface area contributed by atoms with Gasteiger partial charge in [0.25, 0.3) is 5.91 Å². The van der Waals surface area contributed by atoms with Crippen molar-refractivity contribution in [2.75, 3.05) is 0 Å². The van der Waals surface area contributed by atoms with E-state index in [2.05, 4.69) is 39.0 Å². The highest BCUT2D eigenvalue weighted by Gasteiger charge is 2.09. The highest BCUT2D eigenvalue weighted by molar-refractivity contribution is 7.88. The van der Waals surface area contributed by atoms with Crippen LogP contribution >= 0.6 is 0 Å². The molecule has 0 aliphatic rings. The van der Waals surface area contributed by atoms with Crippen molar-refractivity contribution >= 4 is 16.6 Å². The van der Waals surface area contributed by atoms with Gasteiger partial charge in [0.05, 0.1) is 0 Å². The largest absolute Gasteiger partial charge is 0.275 e. The van der Waals surface area contributed by atoms with Gasteiger partial charge in [0.1, 0.15) is 0 Å². The number of carbonyl (C=O) groups excluding carboxylic acids is 1. The molecule has 0 aliphatic carbocycles. The van der Waals surface area contributed by atoms with E-state index >= 15 is 0 Å². The molecule has 0 bridgehead atoms. The lowest BCUT2D eigenvalue weighted by atomic mass is 10.2. The SMILES string of the molecule is CCC/C(C)=C/C(=O)N=S(C(C)C)C(C)C. The third kappa shape index (κ3) is 6.21. The fraction of sp³-hybridized carbons (Fsp3) is 0.769. The summed E-state index contributed by atoms with van der Waals surface area (Å²) in [7, 11) is -0.147. The maximum Gasteiger partial charge on any atom is 0.275 e. The minimum absolute atomic E-state index is 0.0586. The molecular weight excluding hydrogens is 218 g/mol. The molecule has 16 heavy (non-hydrogen) atoms. The molecule has 3 heteroatoms. The molecule has 0 N–H and O–H groups in total. The summed E-state index contributed by atoms with van der Waals surface area (Å²) in [6.07, 6.45) is 3.75. The summed E-state index contributed by atoms with van der Waals surface area (Å²) in [6, 6.07) is 0. The summed E-state index contributed by atoms with van der Waals surface area (Å²) in [5.41, 5.74) is 1.13. The Hall–Kier alpha value is -0.440. The second kappa shape index (κ2) is 7.77. The molecule has 2 nitrogen and oxygen atoms in total. The van der Waals surface area contributed by atoms with Gasteiger partial charge in [-0.3, -0.25) is 4.79 Å². The van der Waals surface area contributed by atoms with E-state index in [0.717, 1.165) is 18.4 Å². The van der Waals surface area contributed by atoms with Gasteiger partial charge in [0.2, 0.25) is 0 Å². The maximum absolute atomic E-state index is 11.7. The molecule has 94 valence electrons. The van der Waals surface area contributed by atoms with Crippen molar-refractivity contribution in [1.29, 1.82) is 0 Å². The molecule has 0 rings (SSSR count). The van der Waals surface area contributed by atoms with Crippen molar-refractivity contribution in [3.63, 3.8) is 0 Å². The number of amides is 1. The van der Waals surface area contributed by atoms with Gasteiger partial charge < -0.3 is 0 Å². The summed E-state index contributed by atoms with van der Waals surface area (Å²) >= 11 is 0. The Kier molecular flexibility index (Phi) is 7.56. The first-order chi connectivity index (χ1) is 7.38. The van der Waals surface area contributed by atoms with Crippen LogP contribution < -0.4 is 0 Å². The average molecular weight is 243 g/mol. The molecule has 0 saturated carbocycles. The maximum atomic E-state index is 11.7. The summed E-state index contributed by atoms with van der Waals surface area (Å²) in [5.74, 6) is -0.0586. The zero-order valence-electron chi connectivity index (χ0n) is 11.4. The van der Waals surface area contributed by atoms with E-state index in [1.165, 1.54) is 0 Å². The van der Waals surface area contributed by atoms with Crippen LogP contribution in [0.5, 0.6) is 0 Å². The summed E-state index contributed by atoms with van der Waals surface area (Å²) < 4.78 is 4.31. The number of rotatable bonds is 5. The Bertz CT molecular complexity index is 280. The lowest BCUT2D eigenvalue weighted by Crippen LogP contribution is -2.17. The third-order valence-corrected chi connectivity index (χ3v) is 4.50. The Morgan fingerprint density at radius 1 is 1.25 bits per heavy atom. The molecule has 0 spiro atoms. The Balaban J connectivity index is 4.73. The standard InChI is InChI=1S/C13H25NOS/c1-7-8-12(6)9-13(15)14-16(10(2)3)11(4)5/h9-11H,7-8H2,1-6H3/b12-9+. The zero-order chi connectivity index (χ0) is 12.7. The van der Waals surface area contributed by atoms with Crippen LogP contribution in [0.15, 0.2) is 16.0 Å². The zero-order valence-corrected chi connectivity index (χ0v) is 12.2. The van der Waals surface area contributed by atoms with Crippen molar-refractivity contribution in [1.82, 2.24) is 0 Å². The highest BCUT2D eigenvalue weighted by Crippen LogP contribution is 2.09. The minimum atomic E-state index is -0.147. The third-order valence-electron chi connectivity index (χ3n) is 2.18. The van der Waals surface area contributed by atoms with Crippen LogP contribution in [0.4, 0.5) is 0 Å². The van der Waals surface area contributed by atoms with E-state index in [1.54, 1.807) is 6.08 Å². The lowest BCUT2D eigenvalue weighted by molar-refractivity contribution is -0.113. The first-order valence-electron chi connectivity index (χ1n) is 6.03. The topological polar surface area (TPSA) is 29.4 Å². The lowest BCUT2D eigenvalue weighted by Gasteiger charge is -2.14. The molecule has 0 radical (unpaired) electrons. The first-order valence-corrected chi connectivity index (χ1v) is 7.34. The normalized spacial score (nSPS) is 12.7. The smallest absolute Gasteiger partial charge is 0.267 e. The predicted octanol–water partition coefficient (Wildman–Crippen LogP) is 3.88. The first kappa shape index (κ1) is 15.6. The molecule has 0 heterocycles. The van der Waals surface area contributed by atoms with Gasteiger partial charge in [-0.05, 0) is 13.3 Å². The van der Waals surface area contributed by atoms with Crippen molar-refractivity contribution < 1.29 is 4.79 Å².